The van der Waals surface area contributed by atoms with E-state index in [0.29, 0.717) is 18.5 Å². The first-order valence-corrected chi connectivity index (χ1v) is 7.04. The molecule has 0 aromatic heterocycles. The fraction of sp³-hybridized carbons (Fsp3) is 0.846. The highest BCUT2D eigenvalue weighted by atomic mass is 16.2. The van der Waals surface area contributed by atoms with Crippen LogP contribution < -0.4 is 16.0 Å². The van der Waals surface area contributed by atoms with Gasteiger partial charge in [0.25, 0.3) is 0 Å². The van der Waals surface area contributed by atoms with Crippen LogP contribution in [-0.4, -0.2) is 38.0 Å². The summed E-state index contributed by atoms with van der Waals surface area (Å²) in [7, 11) is 1.78. The van der Waals surface area contributed by atoms with Gasteiger partial charge in [-0.1, -0.05) is 12.8 Å². The van der Waals surface area contributed by atoms with Gasteiger partial charge in [-0.05, 0) is 25.7 Å². The van der Waals surface area contributed by atoms with Crippen molar-refractivity contribution in [3.8, 4) is 0 Å². The zero-order valence-corrected chi connectivity index (χ0v) is 11.2. The van der Waals surface area contributed by atoms with E-state index in [-0.39, 0.29) is 5.91 Å². The van der Waals surface area contributed by atoms with E-state index in [9.17, 15) is 4.79 Å². The van der Waals surface area contributed by atoms with E-state index < -0.39 is 0 Å². The van der Waals surface area contributed by atoms with E-state index in [4.69, 9.17) is 0 Å². The van der Waals surface area contributed by atoms with Gasteiger partial charge in [0.1, 0.15) is 0 Å². The van der Waals surface area contributed by atoms with Crippen LogP contribution >= 0.6 is 0 Å². The molecule has 0 atom stereocenters. The number of nitrogens with one attached hydrogen (secondary N) is 3. The predicted molar refractivity (Wildman–Crippen MR) is 72.5 cm³/mol. The van der Waals surface area contributed by atoms with Gasteiger partial charge in [-0.2, -0.15) is 0 Å². The van der Waals surface area contributed by atoms with Crippen molar-refractivity contribution in [1.82, 2.24) is 16.0 Å². The Morgan fingerprint density at radius 2 is 1.78 bits per heavy atom. The van der Waals surface area contributed by atoms with Gasteiger partial charge < -0.3 is 16.0 Å². The molecule has 1 amide bonds. The topological polar surface area (TPSA) is 65.5 Å². The summed E-state index contributed by atoms with van der Waals surface area (Å²) >= 11 is 0. The summed E-state index contributed by atoms with van der Waals surface area (Å²) in [6.45, 7) is 1.39. The van der Waals surface area contributed by atoms with Crippen LogP contribution in [0, 0.1) is 5.92 Å². The molecule has 0 radical (unpaired) electrons. The highest BCUT2D eigenvalue weighted by Gasteiger charge is 2.28. The van der Waals surface area contributed by atoms with E-state index in [1.165, 1.54) is 25.7 Å². The molecule has 2 rings (SSSR count). The highest BCUT2D eigenvalue weighted by Crippen LogP contribution is 2.28. The van der Waals surface area contributed by atoms with E-state index >= 15 is 0 Å². The zero-order valence-electron chi connectivity index (χ0n) is 11.2. The fourth-order valence-corrected chi connectivity index (χ4v) is 2.31. The monoisotopic (exact) mass is 252 g/mol. The molecule has 2 aliphatic rings. The second kappa shape index (κ2) is 6.61. The minimum absolute atomic E-state index is 0.204. The average molecular weight is 252 g/mol. The van der Waals surface area contributed by atoms with Crippen molar-refractivity contribution >= 4 is 11.9 Å². The van der Waals surface area contributed by atoms with Crippen LogP contribution in [0.1, 0.15) is 38.5 Å². The van der Waals surface area contributed by atoms with Crippen molar-refractivity contribution in [2.45, 2.75) is 44.6 Å². The van der Waals surface area contributed by atoms with Crippen LogP contribution in [-0.2, 0) is 4.79 Å². The van der Waals surface area contributed by atoms with Crippen LogP contribution in [0.15, 0.2) is 4.99 Å². The van der Waals surface area contributed by atoms with Gasteiger partial charge in [0.15, 0.2) is 5.96 Å². The summed E-state index contributed by atoms with van der Waals surface area (Å²) in [6.07, 6.45) is 7.21. The van der Waals surface area contributed by atoms with E-state index in [2.05, 4.69) is 20.9 Å². The summed E-state index contributed by atoms with van der Waals surface area (Å²) in [4.78, 5) is 15.6. The number of carbonyl (C=O) groups excluding carboxylic acids is 1. The first kappa shape index (κ1) is 13.2. The van der Waals surface area contributed by atoms with Gasteiger partial charge in [0, 0.05) is 32.1 Å². The third kappa shape index (κ3) is 4.20. The lowest BCUT2D eigenvalue weighted by molar-refractivity contribution is -0.122. The van der Waals surface area contributed by atoms with Crippen molar-refractivity contribution in [2.24, 2.45) is 10.9 Å². The molecule has 0 aromatic rings. The summed E-state index contributed by atoms with van der Waals surface area (Å²) in [5, 5.41) is 9.58. The number of guanidine groups is 1. The van der Waals surface area contributed by atoms with Gasteiger partial charge >= 0.3 is 0 Å². The second-order valence-corrected chi connectivity index (χ2v) is 5.19. The Morgan fingerprint density at radius 1 is 1.11 bits per heavy atom. The Hall–Kier alpha value is -1.26. The normalized spacial score (nSPS) is 20.8. The maximum atomic E-state index is 11.4. The summed E-state index contributed by atoms with van der Waals surface area (Å²) in [5.74, 6) is 1.35. The van der Waals surface area contributed by atoms with E-state index in [1.54, 1.807) is 7.05 Å². The average Bonchev–Trinajstić information content (AvgIpc) is 3.11. The Bertz CT molecular complexity index is 306. The lowest BCUT2D eigenvalue weighted by atomic mass is 10.2. The van der Waals surface area contributed by atoms with Crippen molar-refractivity contribution in [3.05, 3.63) is 0 Å². The molecule has 0 bridgehead atoms. The molecule has 2 saturated carbocycles. The first-order valence-electron chi connectivity index (χ1n) is 7.04. The summed E-state index contributed by atoms with van der Waals surface area (Å²) in [6, 6.07) is 0.567. The SMILES string of the molecule is CN=C(NCCNC(=O)C1CC1)NC1CCCC1. The Labute approximate surface area is 109 Å². The zero-order chi connectivity index (χ0) is 12.8. The molecule has 5 heteroatoms. The summed E-state index contributed by atoms with van der Waals surface area (Å²) < 4.78 is 0. The van der Waals surface area contributed by atoms with Crippen LogP contribution in [0.4, 0.5) is 0 Å². The molecule has 0 heterocycles. The minimum atomic E-state index is 0.204. The van der Waals surface area contributed by atoms with Crippen LogP contribution in [0.5, 0.6) is 0 Å². The number of hydrogen-bond donors (Lipinski definition) is 3. The van der Waals surface area contributed by atoms with Gasteiger partial charge in [-0.15, -0.1) is 0 Å². The van der Waals surface area contributed by atoms with Crippen LogP contribution in [0.25, 0.3) is 0 Å². The fourth-order valence-electron chi connectivity index (χ4n) is 2.31. The summed E-state index contributed by atoms with van der Waals surface area (Å²) in [5.41, 5.74) is 0. The molecule has 0 unspecified atom stereocenters. The molecule has 0 aromatic carbocycles. The van der Waals surface area contributed by atoms with Gasteiger partial charge in [0.2, 0.25) is 5.91 Å². The molecule has 18 heavy (non-hydrogen) atoms. The number of carbonyl (C=O) groups is 1. The van der Waals surface area contributed by atoms with Crippen molar-refractivity contribution < 1.29 is 4.79 Å². The second-order valence-electron chi connectivity index (χ2n) is 5.19. The van der Waals surface area contributed by atoms with Crippen LogP contribution in [0.2, 0.25) is 0 Å². The predicted octanol–water partition coefficient (Wildman–Crippen LogP) is 0.620. The van der Waals surface area contributed by atoms with Crippen LogP contribution in [0.3, 0.4) is 0 Å². The quantitative estimate of drug-likeness (QED) is 0.382. The van der Waals surface area contributed by atoms with Gasteiger partial charge in [-0.3, -0.25) is 9.79 Å². The maximum absolute atomic E-state index is 11.4. The molecular formula is C13H24N4O. The standard InChI is InChI=1S/C13H24N4O/c1-14-13(17-11-4-2-3-5-11)16-9-8-15-12(18)10-6-7-10/h10-11H,2-9H2,1H3,(H,15,18)(H2,14,16,17). The highest BCUT2D eigenvalue weighted by molar-refractivity contribution is 5.81. The van der Waals surface area contributed by atoms with Crippen molar-refractivity contribution in [2.75, 3.05) is 20.1 Å². The lowest BCUT2D eigenvalue weighted by Crippen LogP contribution is -2.45. The van der Waals surface area contributed by atoms with E-state index in [0.717, 1.165) is 25.3 Å². The third-order valence-electron chi connectivity index (χ3n) is 3.58. The largest absolute Gasteiger partial charge is 0.355 e. The Balaban J connectivity index is 1.56. The Morgan fingerprint density at radius 3 is 2.39 bits per heavy atom. The lowest BCUT2D eigenvalue weighted by Gasteiger charge is -2.16. The van der Waals surface area contributed by atoms with E-state index in [1.807, 2.05) is 0 Å². The molecule has 102 valence electrons. The number of aliphatic imine (C=N–C) groups is 1. The van der Waals surface area contributed by atoms with Gasteiger partial charge in [-0.25, -0.2) is 0 Å². The third-order valence-corrected chi connectivity index (χ3v) is 3.58. The Kier molecular flexibility index (Phi) is 4.84. The maximum Gasteiger partial charge on any atom is 0.223 e. The molecular weight excluding hydrogens is 228 g/mol. The minimum Gasteiger partial charge on any atom is -0.355 e. The molecule has 0 spiro atoms. The van der Waals surface area contributed by atoms with Crippen molar-refractivity contribution in [1.29, 1.82) is 0 Å². The smallest absolute Gasteiger partial charge is 0.223 e. The molecule has 0 saturated heterocycles. The molecule has 2 fully saturated rings. The molecule has 0 aliphatic heterocycles. The molecule has 3 N–H and O–H groups in total. The number of hydrogen-bond acceptors (Lipinski definition) is 2. The number of rotatable bonds is 5. The molecule has 2 aliphatic carbocycles. The number of amides is 1. The number of nitrogens with zero attached hydrogens (tertiary/aromatic N) is 1. The first-order chi connectivity index (χ1) is 8.79. The molecule has 5 nitrogen and oxygen atoms in total. The van der Waals surface area contributed by atoms with Gasteiger partial charge in [0.05, 0.1) is 0 Å². The van der Waals surface area contributed by atoms with Crippen molar-refractivity contribution in [3.63, 3.8) is 0 Å².